The number of Topliss-reactive ketones (excluding diaryl/α,β-unsaturated/α-hetero) is 4. The Labute approximate surface area is 817 Å². The van der Waals surface area contributed by atoms with Gasteiger partial charge >= 0.3 is 0 Å². The molecule has 4 N–H and O–H groups in total. The Kier molecular flexibility index (Phi) is 29.5. The maximum absolute atomic E-state index is 13.6. The van der Waals surface area contributed by atoms with Crippen molar-refractivity contribution in [3.05, 3.63) is 288 Å². The summed E-state index contributed by atoms with van der Waals surface area (Å²) in [6.07, 6.45) is 16.9. The molecule has 4 aliphatic heterocycles. The fraction of sp³-hybridized carbons (Fsp3) is 0.300. The molecule has 714 valence electrons. The lowest BCUT2D eigenvalue weighted by Gasteiger charge is -2.38. The van der Waals surface area contributed by atoms with Crippen LogP contribution in [0.1, 0.15) is 209 Å². The predicted molar refractivity (Wildman–Crippen MR) is 527 cm³/mol. The van der Waals surface area contributed by atoms with Gasteiger partial charge in [0.2, 0.25) is 23.8 Å². The van der Waals surface area contributed by atoms with Gasteiger partial charge in [-0.25, -0.2) is 48.7 Å². The molecule has 16 aromatic rings. The highest BCUT2D eigenvalue weighted by Gasteiger charge is 2.40. The third kappa shape index (κ3) is 23.0. The van der Waals surface area contributed by atoms with Gasteiger partial charge in [-0.1, -0.05) is 78.4 Å². The summed E-state index contributed by atoms with van der Waals surface area (Å²) < 4.78 is 40.0. The van der Waals surface area contributed by atoms with Crippen molar-refractivity contribution in [2.24, 2.45) is 23.7 Å². The number of thiazole rings is 4. The Morgan fingerprint density at radius 3 is 1.02 bits per heavy atom. The van der Waals surface area contributed by atoms with Crippen LogP contribution in [0.5, 0.6) is 5.75 Å². The standard InChI is InChI=1S/C26H25FN6O3S.C26H26N6O2S.C25H24N6O2S.C23H21FN6O3S/c1-14(18-8-19(27)11-28-10-18)29-26-31-22(23-24(32-26)30-15(2)37-23)25(35)33-12-16(13-33)7-21(34)17-5-4-6-20(9-17)36-3;1-15-6-4-7-19(10-15)21(33)11-18-13-32(14-18)25(34)22-23-24(29-17(3)35-23)31-26(30-22)28-16(2)20-8-5-9-27-12-20;1-15(19-9-6-10-26-12-19)27-25-29-21(22-23(30-25)28-16(2)34-22)24(33)31-13-17(14-31)11-20(32)18-7-4-3-5-8-18;1-12(16-6-17(24)8-25-7-16)26-23-28-19(20-21(29-23)27-13(2)34-20)22(32)30-9-14(10-30)5-18(31)15-3-4-33-11-15/h4-6,8-11,14,16H,7,12-13H2,1-3H3,(H,29,31,32);4-10,12,16,18H,11,13-14H2,1-3H3,(H,28,30,31);3-10,12,15,17H,11,13-14H2,1-2H3,(H,27,29,30);3-4,6-8,11-12,14H,5,9-10H2,1-2H3,(H,26,28,29). The number of amides is 4. The maximum atomic E-state index is 13.6. The number of likely N-dealkylation sites (tertiary alicyclic amines) is 4. The van der Waals surface area contributed by atoms with Gasteiger partial charge in [-0.05, 0) is 133 Å². The number of pyridine rings is 4. The van der Waals surface area contributed by atoms with Crippen LogP contribution in [0.25, 0.3) is 41.4 Å². The van der Waals surface area contributed by atoms with E-state index in [2.05, 4.69) is 101 Å². The molecule has 0 saturated carbocycles. The number of aromatic nitrogens is 16. The molecular weight excluding hydrogens is 1860 g/mol. The molecule has 13 aromatic heterocycles. The zero-order valence-electron chi connectivity index (χ0n) is 77.8. The number of halogens is 2. The van der Waals surface area contributed by atoms with E-state index in [1.807, 2.05) is 141 Å². The molecule has 17 heterocycles. The minimum Gasteiger partial charge on any atom is -0.497 e. The van der Waals surface area contributed by atoms with Crippen molar-refractivity contribution >= 4 is 157 Å². The highest BCUT2D eigenvalue weighted by Crippen LogP contribution is 2.37. The Balaban J connectivity index is 0.000000129. The molecule has 40 heteroatoms. The van der Waals surface area contributed by atoms with Crippen LogP contribution in [0.4, 0.5) is 32.6 Å². The van der Waals surface area contributed by atoms with E-state index in [0.29, 0.717) is 176 Å². The van der Waals surface area contributed by atoms with E-state index in [9.17, 15) is 47.1 Å². The van der Waals surface area contributed by atoms with E-state index in [-0.39, 0.29) is 118 Å². The molecule has 140 heavy (non-hydrogen) atoms. The summed E-state index contributed by atoms with van der Waals surface area (Å²) in [6.45, 7) is 21.1. The summed E-state index contributed by atoms with van der Waals surface area (Å²) in [4.78, 5) is 181. The lowest BCUT2D eigenvalue weighted by atomic mass is 9.91. The van der Waals surface area contributed by atoms with E-state index in [0.717, 1.165) is 54.7 Å². The second-order valence-corrected chi connectivity index (χ2v) is 39.6. The van der Waals surface area contributed by atoms with Gasteiger partial charge in [-0.2, -0.15) is 19.9 Å². The lowest BCUT2D eigenvalue weighted by molar-refractivity contribution is 0.0464. The number of anilines is 4. The number of carbonyl (C=O) groups is 8. The molecule has 4 fully saturated rings. The number of rotatable bonds is 29. The summed E-state index contributed by atoms with van der Waals surface area (Å²) in [5.41, 5.74) is 9.98. The minimum absolute atomic E-state index is 0.000620. The summed E-state index contributed by atoms with van der Waals surface area (Å²) in [6, 6.07) is 35.2. The number of ketones is 4. The number of benzene rings is 3. The van der Waals surface area contributed by atoms with Crippen LogP contribution in [0, 0.1) is 69.9 Å². The van der Waals surface area contributed by atoms with Crippen molar-refractivity contribution < 1.29 is 56.3 Å². The van der Waals surface area contributed by atoms with E-state index < -0.39 is 11.6 Å². The van der Waals surface area contributed by atoms with Gasteiger partial charge in [0, 0.05) is 156 Å². The monoisotopic (exact) mass is 1960 g/mol. The number of nitrogens with zero attached hydrogens (tertiary/aromatic N) is 20. The highest BCUT2D eigenvalue weighted by atomic mass is 32.1. The van der Waals surface area contributed by atoms with E-state index in [4.69, 9.17) is 9.15 Å². The number of methoxy groups -OCH3 is 1. The number of aryl methyl sites for hydroxylation is 5. The van der Waals surface area contributed by atoms with Crippen LogP contribution in [0.2, 0.25) is 0 Å². The first-order valence-electron chi connectivity index (χ1n) is 45.3. The molecule has 0 radical (unpaired) electrons. The second kappa shape index (κ2) is 42.8. The fourth-order valence-electron chi connectivity index (χ4n) is 16.5. The zero-order chi connectivity index (χ0) is 98.1. The third-order valence-corrected chi connectivity index (χ3v) is 27.9. The minimum atomic E-state index is -0.439. The van der Waals surface area contributed by atoms with Gasteiger partial charge in [0.15, 0.2) is 68.5 Å². The SMILES string of the molecule is COc1cccc(C(=O)CC2CN(C(=O)c3nc(NC(C)c4cncc(F)c4)nc4nc(C)sc34)C2)c1.Cc1cccc(C(=O)CC2CN(C(=O)c3nc(NC(C)c4cccnc4)nc4nc(C)sc34)C2)c1.Cc1nc2nc(NC(C)c3cccnc3)nc(C(=O)N3CC(CC(=O)c4ccccc4)C3)c2s1.Cc1nc2nc(NC(C)c3cncc(F)c3)nc(C(=O)N3CC(CC(=O)c4ccoc4)C3)c2s1. The molecular formula is C100H96F2N24O10S4. The zero-order valence-corrected chi connectivity index (χ0v) is 81.1. The Morgan fingerprint density at radius 1 is 0.364 bits per heavy atom. The average Bonchev–Trinajstić information content (AvgIpc) is 1.64. The normalized spacial score (nSPS) is 14.5. The van der Waals surface area contributed by atoms with Crippen molar-refractivity contribution in [2.45, 2.75) is 112 Å². The van der Waals surface area contributed by atoms with Gasteiger partial charge in [-0.15, -0.1) is 45.3 Å². The molecule has 4 saturated heterocycles. The summed E-state index contributed by atoms with van der Waals surface area (Å²) in [5.74, 6) is 0.851. The molecule has 0 bridgehead atoms. The summed E-state index contributed by atoms with van der Waals surface area (Å²) in [7, 11) is 1.56. The number of furan rings is 1. The second-order valence-electron chi connectivity index (χ2n) is 34.8. The van der Waals surface area contributed by atoms with Crippen molar-refractivity contribution in [1.82, 2.24) is 99.3 Å². The lowest BCUT2D eigenvalue weighted by Crippen LogP contribution is -2.50. The van der Waals surface area contributed by atoms with Gasteiger partial charge in [-0.3, -0.25) is 58.3 Å². The number of fused-ring (bicyclic) bond motifs is 4. The highest BCUT2D eigenvalue weighted by molar-refractivity contribution is 7.20. The molecule has 0 aliphatic carbocycles. The summed E-state index contributed by atoms with van der Waals surface area (Å²) in [5, 5.41) is 16.0. The topological polar surface area (TPSA) is 426 Å². The number of ether oxygens (including phenoxy) is 1. The van der Waals surface area contributed by atoms with Crippen LogP contribution < -0.4 is 26.0 Å². The van der Waals surface area contributed by atoms with E-state index in [1.54, 1.807) is 94.2 Å². The number of hydrogen-bond donors (Lipinski definition) is 4. The van der Waals surface area contributed by atoms with Crippen LogP contribution >= 0.6 is 45.3 Å². The van der Waals surface area contributed by atoms with Crippen molar-refractivity contribution in [1.29, 1.82) is 0 Å². The quantitative estimate of drug-likeness (QED) is 0.0316. The Morgan fingerprint density at radius 2 is 0.693 bits per heavy atom. The molecule has 0 spiro atoms. The largest absolute Gasteiger partial charge is 0.497 e. The first kappa shape index (κ1) is 96.5. The van der Waals surface area contributed by atoms with Gasteiger partial charge < -0.3 is 50.0 Å². The molecule has 34 nitrogen and oxygen atoms in total. The average molecular weight is 1960 g/mol. The summed E-state index contributed by atoms with van der Waals surface area (Å²) >= 11 is 5.55. The van der Waals surface area contributed by atoms with Crippen LogP contribution in [0.15, 0.2) is 188 Å². The van der Waals surface area contributed by atoms with Crippen LogP contribution in [-0.4, -0.2) is 206 Å². The first-order chi connectivity index (χ1) is 67.5. The molecule has 3 aromatic carbocycles. The Hall–Kier alpha value is -15.2. The molecule has 4 unspecified atom stereocenters. The van der Waals surface area contributed by atoms with Gasteiger partial charge in [0.05, 0.1) is 75.5 Å². The molecule has 20 rings (SSSR count). The first-order valence-corrected chi connectivity index (χ1v) is 48.5. The molecule has 4 aliphatic rings. The predicted octanol–water partition coefficient (Wildman–Crippen LogP) is 17.4. The van der Waals surface area contributed by atoms with Gasteiger partial charge in [0.25, 0.3) is 23.6 Å². The number of carbonyl (C=O) groups excluding carboxylic acids is 8. The molecule has 4 amide bonds. The number of nitrogens with one attached hydrogen (secondary N) is 4. The van der Waals surface area contributed by atoms with Crippen LogP contribution in [-0.2, 0) is 0 Å². The van der Waals surface area contributed by atoms with E-state index >= 15 is 0 Å². The van der Waals surface area contributed by atoms with Crippen LogP contribution in [0.3, 0.4) is 0 Å². The Bertz CT molecular complexity index is 7300. The number of hydrogen-bond acceptors (Lipinski definition) is 34. The van der Waals surface area contributed by atoms with Crippen molar-refractivity contribution in [3.63, 3.8) is 0 Å². The molecule has 4 atom stereocenters. The van der Waals surface area contributed by atoms with Gasteiger partial charge in [0.1, 0.15) is 42.4 Å². The smallest absolute Gasteiger partial charge is 0.274 e. The third-order valence-electron chi connectivity index (χ3n) is 24.0. The maximum Gasteiger partial charge on any atom is 0.274 e. The van der Waals surface area contributed by atoms with Crippen molar-refractivity contribution in [2.75, 3.05) is 80.7 Å². The van der Waals surface area contributed by atoms with E-state index in [1.165, 1.54) is 70.0 Å². The fourth-order valence-corrected chi connectivity index (χ4v) is 19.9. The van der Waals surface area contributed by atoms with Crippen molar-refractivity contribution in [3.8, 4) is 5.75 Å².